The third kappa shape index (κ3) is 5.42. The van der Waals surface area contributed by atoms with Crippen LogP contribution < -0.4 is 0 Å². The number of ether oxygens (including phenoxy) is 2. The van der Waals surface area contributed by atoms with Gasteiger partial charge in [-0.2, -0.15) is 0 Å². The summed E-state index contributed by atoms with van der Waals surface area (Å²) in [6.45, 7) is 0.670. The van der Waals surface area contributed by atoms with Crippen molar-refractivity contribution in [1.82, 2.24) is 15.0 Å². The van der Waals surface area contributed by atoms with Crippen LogP contribution in [0, 0.1) is 12.3 Å². The van der Waals surface area contributed by atoms with Gasteiger partial charge in [-0.1, -0.05) is 48.4 Å². The van der Waals surface area contributed by atoms with Gasteiger partial charge in [0.25, 0.3) is 0 Å². The van der Waals surface area contributed by atoms with Crippen LogP contribution >= 0.6 is 0 Å². The van der Waals surface area contributed by atoms with Crippen LogP contribution in [0.5, 0.6) is 0 Å². The molecular weight excluding hydrogens is 314 g/mol. The zero-order valence-corrected chi connectivity index (χ0v) is 15.1. The number of hydrogen-bond donors (Lipinski definition) is 0. The first kappa shape index (κ1) is 19.2. The number of hydrogen-bond acceptors (Lipinski definition) is 4. The molecule has 0 saturated heterocycles. The summed E-state index contributed by atoms with van der Waals surface area (Å²) in [6, 6.07) is 10.2. The number of aromatic nitrogens is 3. The van der Waals surface area contributed by atoms with Gasteiger partial charge in [0.05, 0.1) is 12.7 Å². The molecule has 25 heavy (non-hydrogen) atoms. The first-order chi connectivity index (χ1) is 12.2. The van der Waals surface area contributed by atoms with Crippen molar-refractivity contribution in [3.63, 3.8) is 0 Å². The van der Waals surface area contributed by atoms with Crippen LogP contribution in [-0.4, -0.2) is 29.2 Å². The smallest absolute Gasteiger partial charge is 0.215 e. The maximum absolute atomic E-state index is 5.69. The molecular formula is C20H27N3O2. The van der Waals surface area contributed by atoms with E-state index in [0.717, 1.165) is 38.5 Å². The summed E-state index contributed by atoms with van der Waals surface area (Å²) in [5.74, 6) is 1.83. The third-order valence-electron chi connectivity index (χ3n) is 4.35. The molecule has 0 aliphatic carbocycles. The Bertz CT molecular complexity index is 657. The van der Waals surface area contributed by atoms with Crippen LogP contribution in [0.2, 0.25) is 0 Å². The monoisotopic (exact) mass is 341 g/mol. The average Bonchev–Trinajstić information content (AvgIpc) is 3.11. The highest BCUT2D eigenvalue weighted by molar-refractivity contribution is 5.15. The molecule has 134 valence electrons. The molecule has 0 aliphatic heterocycles. The molecule has 5 heteroatoms. The Morgan fingerprint density at radius 1 is 1.08 bits per heavy atom. The fourth-order valence-electron chi connectivity index (χ4n) is 2.88. The fraction of sp³-hybridized carbons (Fsp3) is 0.500. The van der Waals surface area contributed by atoms with Gasteiger partial charge in [0.2, 0.25) is 5.79 Å². The number of unbranched alkanes of at least 4 members (excludes halogenated alkanes) is 4. The standard InChI is InChI=1S/C20H27N3O2/c1-4-5-6-7-8-12-15-20(24-2,25-3)19-17-23(22-21-19)16-18-13-10-9-11-14-18/h1,9-11,13-14,17H,5-8,12,15-16H2,2-3H3. The van der Waals surface area contributed by atoms with Crippen molar-refractivity contribution in [2.24, 2.45) is 0 Å². The lowest BCUT2D eigenvalue weighted by atomic mass is 10.0. The maximum atomic E-state index is 5.69. The molecule has 5 nitrogen and oxygen atoms in total. The van der Waals surface area contributed by atoms with E-state index < -0.39 is 5.79 Å². The van der Waals surface area contributed by atoms with E-state index in [1.54, 1.807) is 14.2 Å². The molecule has 0 aliphatic rings. The Labute approximate surface area is 150 Å². The quantitative estimate of drug-likeness (QED) is 0.355. The van der Waals surface area contributed by atoms with Crippen LogP contribution in [0.1, 0.15) is 49.8 Å². The van der Waals surface area contributed by atoms with E-state index in [0.29, 0.717) is 12.2 Å². The van der Waals surface area contributed by atoms with Gasteiger partial charge in [-0.25, -0.2) is 4.68 Å². The lowest BCUT2D eigenvalue weighted by Gasteiger charge is -2.28. The second-order valence-electron chi connectivity index (χ2n) is 6.07. The molecule has 0 bridgehead atoms. The number of rotatable bonds is 11. The van der Waals surface area contributed by atoms with Crippen molar-refractivity contribution in [3.8, 4) is 12.3 Å². The highest BCUT2D eigenvalue weighted by atomic mass is 16.7. The van der Waals surface area contributed by atoms with Crippen molar-refractivity contribution in [1.29, 1.82) is 0 Å². The van der Waals surface area contributed by atoms with E-state index in [2.05, 4.69) is 28.4 Å². The first-order valence-electron chi connectivity index (χ1n) is 8.72. The van der Waals surface area contributed by atoms with Crippen molar-refractivity contribution in [3.05, 3.63) is 47.8 Å². The molecule has 0 radical (unpaired) electrons. The van der Waals surface area contributed by atoms with E-state index in [1.165, 1.54) is 5.56 Å². The Balaban J connectivity index is 1.98. The second-order valence-corrected chi connectivity index (χ2v) is 6.07. The second kappa shape index (κ2) is 9.97. The average molecular weight is 341 g/mol. The SMILES string of the molecule is C#CCCCCCCC(OC)(OC)c1cn(Cc2ccccc2)nn1. The van der Waals surface area contributed by atoms with E-state index in [-0.39, 0.29) is 0 Å². The van der Waals surface area contributed by atoms with Crippen molar-refractivity contribution < 1.29 is 9.47 Å². The zero-order valence-electron chi connectivity index (χ0n) is 15.1. The summed E-state index contributed by atoms with van der Waals surface area (Å²) in [7, 11) is 3.30. The summed E-state index contributed by atoms with van der Waals surface area (Å²) in [5.41, 5.74) is 1.88. The van der Waals surface area contributed by atoms with Crippen LogP contribution in [0.4, 0.5) is 0 Å². The molecule has 0 amide bonds. The highest BCUT2D eigenvalue weighted by Gasteiger charge is 2.34. The van der Waals surface area contributed by atoms with Gasteiger partial charge in [-0.05, 0) is 18.4 Å². The minimum atomic E-state index is -0.846. The molecule has 0 saturated carbocycles. The van der Waals surface area contributed by atoms with E-state index in [4.69, 9.17) is 15.9 Å². The summed E-state index contributed by atoms with van der Waals surface area (Å²) < 4.78 is 13.2. The predicted octanol–water partition coefficient (Wildman–Crippen LogP) is 3.75. The molecule has 2 rings (SSSR count). The van der Waals surface area contributed by atoms with Crippen molar-refractivity contribution in [2.75, 3.05) is 14.2 Å². The lowest BCUT2D eigenvalue weighted by molar-refractivity contribution is -0.223. The molecule has 1 heterocycles. The zero-order chi connectivity index (χ0) is 18.0. The van der Waals surface area contributed by atoms with Crippen LogP contribution in [0.25, 0.3) is 0 Å². The topological polar surface area (TPSA) is 49.2 Å². The molecule has 0 N–H and O–H groups in total. The normalized spacial score (nSPS) is 11.4. The fourth-order valence-corrected chi connectivity index (χ4v) is 2.88. The highest BCUT2D eigenvalue weighted by Crippen LogP contribution is 2.30. The number of terminal acetylenes is 1. The summed E-state index contributed by atoms with van der Waals surface area (Å²) >= 11 is 0. The van der Waals surface area contributed by atoms with Gasteiger partial charge in [0, 0.05) is 27.1 Å². The first-order valence-corrected chi connectivity index (χ1v) is 8.72. The lowest BCUT2D eigenvalue weighted by Crippen LogP contribution is -2.31. The van der Waals surface area contributed by atoms with Gasteiger partial charge in [-0.3, -0.25) is 0 Å². The molecule has 2 aromatic rings. The Morgan fingerprint density at radius 2 is 1.80 bits per heavy atom. The predicted molar refractivity (Wildman–Crippen MR) is 97.8 cm³/mol. The molecule has 0 unspecified atom stereocenters. The van der Waals surface area contributed by atoms with Gasteiger partial charge in [-0.15, -0.1) is 17.4 Å². The molecule has 1 aromatic heterocycles. The molecule has 0 spiro atoms. The maximum Gasteiger partial charge on any atom is 0.215 e. The van der Waals surface area contributed by atoms with Gasteiger partial charge < -0.3 is 9.47 Å². The van der Waals surface area contributed by atoms with E-state index in [1.807, 2.05) is 29.1 Å². The van der Waals surface area contributed by atoms with Crippen molar-refractivity contribution >= 4 is 0 Å². The van der Waals surface area contributed by atoms with Crippen LogP contribution in [0.3, 0.4) is 0 Å². The minimum absolute atomic E-state index is 0.670. The largest absolute Gasteiger partial charge is 0.348 e. The third-order valence-corrected chi connectivity index (χ3v) is 4.35. The number of benzene rings is 1. The number of nitrogens with zero attached hydrogens (tertiary/aromatic N) is 3. The van der Waals surface area contributed by atoms with Gasteiger partial charge in [0.1, 0.15) is 5.69 Å². The molecule has 0 atom stereocenters. The molecule has 0 fully saturated rings. The van der Waals surface area contributed by atoms with Gasteiger partial charge >= 0.3 is 0 Å². The van der Waals surface area contributed by atoms with Crippen molar-refractivity contribution in [2.45, 2.75) is 50.9 Å². The van der Waals surface area contributed by atoms with E-state index >= 15 is 0 Å². The summed E-state index contributed by atoms with van der Waals surface area (Å²) in [6.07, 6.45) is 13.0. The Morgan fingerprint density at radius 3 is 2.48 bits per heavy atom. The van der Waals surface area contributed by atoms with Crippen LogP contribution in [-0.2, 0) is 21.8 Å². The Hall–Kier alpha value is -2.16. The summed E-state index contributed by atoms with van der Waals surface area (Å²) in [4.78, 5) is 0. The van der Waals surface area contributed by atoms with Gasteiger partial charge in [0.15, 0.2) is 0 Å². The number of methoxy groups -OCH3 is 2. The Kier molecular flexibility index (Phi) is 7.65. The summed E-state index contributed by atoms with van der Waals surface area (Å²) in [5, 5.41) is 8.52. The van der Waals surface area contributed by atoms with E-state index in [9.17, 15) is 0 Å². The molecule has 1 aromatic carbocycles. The minimum Gasteiger partial charge on any atom is -0.348 e. The van der Waals surface area contributed by atoms with Crippen LogP contribution in [0.15, 0.2) is 36.5 Å².